The first-order valence-electron chi connectivity index (χ1n) is 5.90. The number of aliphatic hydroxyl groups excluding tert-OH is 1. The Morgan fingerprint density at radius 3 is 2.89 bits per heavy atom. The van der Waals surface area contributed by atoms with Crippen molar-refractivity contribution in [1.29, 1.82) is 0 Å². The molecule has 1 unspecified atom stereocenters. The molecule has 0 bridgehead atoms. The molecule has 1 heterocycles. The summed E-state index contributed by atoms with van der Waals surface area (Å²) in [4.78, 5) is 14.2. The highest BCUT2D eigenvalue weighted by atomic mass is 19.1. The Balaban J connectivity index is 2.20. The monoisotopic (exact) mass is 263 g/mol. The SMILES string of the molecule is CCOC(=O)c1cc(C(O)c2cccc(F)c2)c[nH]1. The van der Waals surface area contributed by atoms with E-state index in [1.807, 2.05) is 0 Å². The van der Waals surface area contributed by atoms with Crippen molar-refractivity contribution in [2.24, 2.45) is 0 Å². The number of halogens is 1. The maximum absolute atomic E-state index is 13.1. The van der Waals surface area contributed by atoms with Gasteiger partial charge in [0.2, 0.25) is 0 Å². The van der Waals surface area contributed by atoms with Gasteiger partial charge in [-0.05, 0) is 30.7 Å². The topological polar surface area (TPSA) is 62.3 Å². The van der Waals surface area contributed by atoms with E-state index in [0.29, 0.717) is 11.1 Å². The molecule has 100 valence electrons. The van der Waals surface area contributed by atoms with Crippen molar-refractivity contribution in [2.45, 2.75) is 13.0 Å². The first-order chi connectivity index (χ1) is 9.11. The van der Waals surface area contributed by atoms with Crippen molar-refractivity contribution < 1.29 is 19.0 Å². The largest absolute Gasteiger partial charge is 0.461 e. The summed E-state index contributed by atoms with van der Waals surface area (Å²) in [5, 5.41) is 10.1. The third kappa shape index (κ3) is 3.00. The quantitative estimate of drug-likeness (QED) is 0.833. The number of aromatic amines is 1. The fourth-order valence-electron chi connectivity index (χ4n) is 1.76. The lowest BCUT2D eigenvalue weighted by atomic mass is 10.0. The molecule has 2 N–H and O–H groups in total. The third-order valence-corrected chi connectivity index (χ3v) is 2.68. The highest BCUT2D eigenvalue weighted by molar-refractivity contribution is 5.87. The van der Waals surface area contributed by atoms with E-state index in [4.69, 9.17) is 4.74 Å². The zero-order chi connectivity index (χ0) is 13.8. The molecule has 0 radical (unpaired) electrons. The molecule has 0 saturated heterocycles. The predicted molar refractivity (Wildman–Crippen MR) is 67.2 cm³/mol. The Bertz CT molecular complexity index is 580. The summed E-state index contributed by atoms with van der Waals surface area (Å²) in [7, 11) is 0. The summed E-state index contributed by atoms with van der Waals surface area (Å²) >= 11 is 0. The summed E-state index contributed by atoms with van der Waals surface area (Å²) in [5.74, 6) is -0.905. The third-order valence-electron chi connectivity index (χ3n) is 2.68. The van der Waals surface area contributed by atoms with Crippen LogP contribution in [0.4, 0.5) is 4.39 Å². The van der Waals surface area contributed by atoms with Crippen molar-refractivity contribution in [3.8, 4) is 0 Å². The summed E-state index contributed by atoms with van der Waals surface area (Å²) in [5.41, 5.74) is 1.16. The molecular formula is C14H14FNO3. The van der Waals surface area contributed by atoms with Gasteiger partial charge in [-0.1, -0.05) is 12.1 Å². The number of hydrogen-bond donors (Lipinski definition) is 2. The van der Waals surface area contributed by atoms with Gasteiger partial charge in [-0.15, -0.1) is 0 Å². The Labute approximate surface area is 109 Å². The van der Waals surface area contributed by atoms with Crippen molar-refractivity contribution in [1.82, 2.24) is 4.98 Å². The minimum atomic E-state index is -0.991. The van der Waals surface area contributed by atoms with E-state index in [2.05, 4.69) is 4.98 Å². The molecule has 0 aliphatic carbocycles. The number of H-pyrrole nitrogens is 1. The van der Waals surface area contributed by atoms with Gasteiger partial charge >= 0.3 is 5.97 Å². The van der Waals surface area contributed by atoms with E-state index in [1.165, 1.54) is 30.5 Å². The molecule has 0 saturated carbocycles. The normalized spacial score (nSPS) is 12.2. The minimum Gasteiger partial charge on any atom is -0.461 e. The van der Waals surface area contributed by atoms with Gasteiger partial charge in [0.05, 0.1) is 6.61 Å². The van der Waals surface area contributed by atoms with Crippen LogP contribution in [0.5, 0.6) is 0 Å². The van der Waals surface area contributed by atoms with Crippen LogP contribution in [0.2, 0.25) is 0 Å². The number of benzene rings is 1. The average Bonchev–Trinajstić information content (AvgIpc) is 2.88. The second-order valence-corrected chi connectivity index (χ2v) is 4.02. The molecule has 4 nitrogen and oxygen atoms in total. The number of carbonyl (C=O) groups is 1. The zero-order valence-corrected chi connectivity index (χ0v) is 10.4. The maximum Gasteiger partial charge on any atom is 0.354 e. The minimum absolute atomic E-state index is 0.257. The Kier molecular flexibility index (Phi) is 3.97. The van der Waals surface area contributed by atoms with Gasteiger partial charge in [-0.2, -0.15) is 0 Å². The van der Waals surface area contributed by atoms with E-state index < -0.39 is 17.9 Å². The lowest BCUT2D eigenvalue weighted by Gasteiger charge is -2.08. The lowest BCUT2D eigenvalue weighted by Crippen LogP contribution is -2.04. The van der Waals surface area contributed by atoms with Crippen molar-refractivity contribution in [3.63, 3.8) is 0 Å². The molecular weight excluding hydrogens is 249 g/mol. The lowest BCUT2D eigenvalue weighted by molar-refractivity contribution is 0.0520. The van der Waals surface area contributed by atoms with Crippen LogP contribution in [0.25, 0.3) is 0 Å². The maximum atomic E-state index is 13.1. The molecule has 1 aromatic carbocycles. The number of ether oxygens (including phenoxy) is 1. The fourth-order valence-corrected chi connectivity index (χ4v) is 1.76. The molecule has 1 aromatic heterocycles. The van der Waals surface area contributed by atoms with Crippen LogP contribution in [-0.4, -0.2) is 22.7 Å². The second kappa shape index (κ2) is 5.67. The van der Waals surface area contributed by atoms with Gasteiger partial charge in [-0.25, -0.2) is 9.18 Å². The van der Waals surface area contributed by atoms with Crippen LogP contribution in [0.1, 0.15) is 34.6 Å². The molecule has 5 heteroatoms. The first-order valence-corrected chi connectivity index (χ1v) is 5.90. The van der Waals surface area contributed by atoms with Crippen LogP contribution in [0.3, 0.4) is 0 Å². The molecule has 0 amide bonds. The average molecular weight is 263 g/mol. The van der Waals surface area contributed by atoms with Gasteiger partial charge in [0, 0.05) is 11.8 Å². The Morgan fingerprint density at radius 2 is 2.21 bits per heavy atom. The molecule has 0 aliphatic heterocycles. The van der Waals surface area contributed by atoms with E-state index in [0.717, 1.165) is 0 Å². The Hall–Kier alpha value is -2.14. The Morgan fingerprint density at radius 1 is 1.42 bits per heavy atom. The molecule has 1 atom stereocenters. The van der Waals surface area contributed by atoms with Crippen LogP contribution >= 0.6 is 0 Å². The van der Waals surface area contributed by atoms with Crippen LogP contribution in [0.15, 0.2) is 36.5 Å². The number of aromatic nitrogens is 1. The van der Waals surface area contributed by atoms with Crippen molar-refractivity contribution >= 4 is 5.97 Å². The number of rotatable bonds is 4. The van der Waals surface area contributed by atoms with Gasteiger partial charge in [-0.3, -0.25) is 0 Å². The van der Waals surface area contributed by atoms with Crippen molar-refractivity contribution in [3.05, 3.63) is 59.2 Å². The number of esters is 1. The highest BCUT2D eigenvalue weighted by Gasteiger charge is 2.16. The van der Waals surface area contributed by atoms with Crippen LogP contribution < -0.4 is 0 Å². The zero-order valence-electron chi connectivity index (χ0n) is 10.4. The number of hydrogen-bond acceptors (Lipinski definition) is 3. The predicted octanol–water partition coefficient (Wildman–Crippen LogP) is 2.41. The summed E-state index contributed by atoms with van der Waals surface area (Å²) in [6, 6.07) is 7.18. The van der Waals surface area contributed by atoms with Crippen LogP contribution in [0, 0.1) is 5.82 Å². The smallest absolute Gasteiger partial charge is 0.354 e. The number of carbonyl (C=O) groups excluding carboxylic acids is 1. The number of aliphatic hydroxyl groups is 1. The molecule has 2 rings (SSSR count). The van der Waals surface area contributed by atoms with Gasteiger partial charge in [0.1, 0.15) is 17.6 Å². The summed E-state index contributed by atoms with van der Waals surface area (Å²) in [6.07, 6.45) is 0.511. The fraction of sp³-hybridized carbons (Fsp3) is 0.214. The molecule has 0 spiro atoms. The molecule has 19 heavy (non-hydrogen) atoms. The van der Waals surface area contributed by atoms with Gasteiger partial charge in [0.15, 0.2) is 0 Å². The van der Waals surface area contributed by atoms with Crippen LogP contribution in [-0.2, 0) is 4.74 Å². The summed E-state index contributed by atoms with van der Waals surface area (Å²) < 4.78 is 17.9. The standard InChI is InChI=1S/C14H14FNO3/c1-2-19-14(18)12-7-10(8-16-12)13(17)9-4-3-5-11(15)6-9/h3-8,13,16-17H,2H2,1H3. The summed E-state index contributed by atoms with van der Waals surface area (Å²) in [6.45, 7) is 1.99. The molecule has 0 aliphatic rings. The van der Waals surface area contributed by atoms with E-state index >= 15 is 0 Å². The second-order valence-electron chi connectivity index (χ2n) is 4.02. The van der Waals surface area contributed by atoms with E-state index in [1.54, 1.807) is 13.0 Å². The highest BCUT2D eigenvalue weighted by Crippen LogP contribution is 2.23. The van der Waals surface area contributed by atoms with Crippen molar-refractivity contribution in [2.75, 3.05) is 6.61 Å². The van der Waals surface area contributed by atoms with E-state index in [9.17, 15) is 14.3 Å². The number of nitrogens with one attached hydrogen (secondary N) is 1. The first kappa shape index (κ1) is 13.3. The van der Waals surface area contributed by atoms with Gasteiger partial charge < -0.3 is 14.8 Å². The molecule has 0 fully saturated rings. The van der Waals surface area contributed by atoms with Gasteiger partial charge in [0.25, 0.3) is 0 Å². The molecule has 2 aromatic rings. The van der Waals surface area contributed by atoms with E-state index in [-0.39, 0.29) is 12.3 Å².